The molecular weight excluding hydrogens is 945 g/mol. The van der Waals surface area contributed by atoms with Crippen molar-refractivity contribution in [1.29, 1.82) is 0 Å². The fourth-order valence-corrected chi connectivity index (χ4v) is 12.6. The minimum Gasteiger partial charge on any atom is -0.455 e. The fraction of sp³-hybridized carbons (Fsp3) is 0.0667. The van der Waals surface area contributed by atoms with Gasteiger partial charge in [-0.3, -0.25) is 0 Å². The third kappa shape index (κ3) is 7.49. The Bertz CT molecular complexity index is 4340. The number of furan rings is 1. The van der Waals surface area contributed by atoms with Crippen LogP contribution in [-0.2, 0) is 5.41 Å². The Kier molecular flexibility index (Phi) is 11.3. The van der Waals surface area contributed by atoms with Crippen LogP contribution in [0.25, 0.3) is 66.1 Å². The highest BCUT2D eigenvalue weighted by Crippen LogP contribution is 2.63. The molecule has 0 radical (unpaired) electrons. The Labute approximate surface area is 456 Å². The van der Waals surface area contributed by atoms with Crippen LogP contribution >= 0.6 is 0 Å². The number of anilines is 6. The van der Waals surface area contributed by atoms with Crippen LogP contribution < -0.4 is 9.80 Å². The van der Waals surface area contributed by atoms with Gasteiger partial charge in [-0.25, -0.2) is 0 Å². The van der Waals surface area contributed by atoms with Crippen LogP contribution in [0.5, 0.6) is 0 Å². The van der Waals surface area contributed by atoms with E-state index in [0.717, 1.165) is 78.0 Å². The highest BCUT2D eigenvalue weighted by molar-refractivity contribution is 6.22. The lowest BCUT2D eigenvalue weighted by Crippen LogP contribution is -2.29. The number of benzene rings is 12. The molecule has 1 aromatic heterocycles. The highest BCUT2D eigenvalue weighted by Gasteiger charge is 2.50. The van der Waals surface area contributed by atoms with Gasteiger partial charge >= 0.3 is 0 Å². The normalized spacial score (nSPS) is 12.5. The minimum atomic E-state index is -0.824. The molecule has 12 aromatic carbocycles. The summed E-state index contributed by atoms with van der Waals surface area (Å²) in [5, 5.41) is 4.44. The first-order valence-electron chi connectivity index (χ1n) is 27.1. The van der Waals surface area contributed by atoms with Gasteiger partial charge in [-0.15, -0.1) is 0 Å². The van der Waals surface area contributed by atoms with Gasteiger partial charge in [0.15, 0.2) is 0 Å². The number of fused-ring (bicyclic) bond motifs is 9. The third-order valence-electron chi connectivity index (χ3n) is 16.4. The summed E-state index contributed by atoms with van der Waals surface area (Å²) in [4.78, 5) is 4.92. The van der Waals surface area contributed by atoms with Crippen LogP contribution in [0.3, 0.4) is 0 Å². The fourth-order valence-electron chi connectivity index (χ4n) is 12.6. The molecule has 0 aliphatic heterocycles. The largest absolute Gasteiger partial charge is 0.455 e. The zero-order valence-corrected chi connectivity index (χ0v) is 44.2. The van der Waals surface area contributed by atoms with Gasteiger partial charge in [-0.1, -0.05) is 211 Å². The van der Waals surface area contributed by atoms with Gasteiger partial charge in [-0.2, -0.15) is 0 Å². The Morgan fingerprint density at radius 1 is 0.333 bits per heavy atom. The monoisotopic (exact) mass is 1000 g/mol. The second kappa shape index (κ2) is 18.8. The quantitative estimate of drug-likeness (QED) is 0.136. The van der Waals surface area contributed by atoms with Crippen LogP contribution in [0.1, 0.15) is 44.5 Å². The van der Waals surface area contributed by atoms with Gasteiger partial charge in [0, 0.05) is 39.1 Å². The van der Waals surface area contributed by atoms with E-state index in [9.17, 15) is 0 Å². The van der Waals surface area contributed by atoms with Crippen LogP contribution in [0, 0.1) is 27.7 Å². The topological polar surface area (TPSA) is 19.6 Å². The lowest BCUT2D eigenvalue weighted by atomic mass is 9.67. The first-order chi connectivity index (χ1) is 38.3. The Morgan fingerprint density at radius 3 is 1.24 bits per heavy atom. The molecule has 0 atom stereocenters. The Balaban J connectivity index is 1.11. The molecule has 14 rings (SSSR count). The van der Waals surface area contributed by atoms with E-state index in [1.54, 1.807) is 0 Å². The summed E-state index contributed by atoms with van der Waals surface area (Å²) in [6.45, 7) is 8.70. The molecule has 0 unspecified atom stereocenters. The standard InChI is InChI=1S/C75H56N2O/c1-49-31-39-57(40-32-49)76(59-43-35-53(36-44-59)61-25-13-11-19-51(61)3)68-47-66-71(64-28-16-15-27-63(64)68)73-67(75(66,55-21-7-5-8-22-55)56-23-9-6-10-24-56)48-69(72-65-29-17-18-30-70(65)78-74(72)73)77(58-41-33-50(2)34-42-58)60-45-37-54(38-46-60)62-26-14-12-20-52(62)4/h5-48H,1-4H3. The predicted octanol–water partition coefficient (Wildman–Crippen LogP) is 20.6. The molecule has 0 fully saturated rings. The zero-order valence-electron chi connectivity index (χ0n) is 44.2. The van der Waals surface area contributed by atoms with Crippen molar-refractivity contribution in [2.24, 2.45) is 0 Å². The molecule has 1 aliphatic rings. The maximum atomic E-state index is 7.48. The van der Waals surface area contributed by atoms with E-state index < -0.39 is 5.41 Å². The summed E-state index contributed by atoms with van der Waals surface area (Å²) in [6.07, 6.45) is 0. The van der Waals surface area contributed by atoms with Crippen LogP contribution in [-0.4, -0.2) is 0 Å². The number of aryl methyl sites for hydroxylation is 4. The van der Waals surface area contributed by atoms with Crippen molar-refractivity contribution in [2.75, 3.05) is 9.80 Å². The van der Waals surface area contributed by atoms with Gasteiger partial charge in [0.25, 0.3) is 0 Å². The van der Waals surface area contributed by atoms with Crippen molar-refractivity contribution in [1.82, 2.24) is 0 Å². The minimum absolute atomic E-state index is 0.824. The van der Waals surface area contributed by atoms with Gasteiger partial charge in [0.2, 0.25) is 0 Å². The number of para-hydroxylation sites is 1. The first kappa shape index (κ1) is 46.8. The SMILES string of the molecule is Cc1ccc(N(c2ccc(-c3ccccc3C)cc2)c2cc3c(c4ccccc24)-c2c(cc(N(c4ccc(C)cc4)c4ccc(-c5ccccc5C)cc4)c4c2oc2ccccc24)C3(c2ccccc2)c2ccccc2)cc1. The summed E-state index contributed by atoms with van der Waals surface area (Å²) < 4.78 is 7.48. The van der Waals surface area contributed by atoms with E-state index in [2.05, 4.69) is 304 Å². The van der Waals surface area contributed by atoms with E-state index in [1.807, 2.05) is 0 Å². The molecule has 0 bridgehead atoms. The molecule has 0 saturated heterocycles. The van der Waals surface area contributed by atoms with Gasteiger partial charge in [0.05, 0.1) is 22.2 Å². The van der Waals surface area contributed by atoms with E-state index in [4.69, 9.17) is 4.42 Å². The van der Waals surface area contributed by atoms with Crippen LogP contribution in [0.4, 0.5) is 34.1 Å². The average Bonchev–Trinajstić information content (AvgIpc) is 2.75. The number of nitrogens with zero attached hydrogens (tertiary/aromatic N) is 2. The molecule has 0 N–H and O–H groups in total. The lowest BCUT2D eigenvalue weighted by Gasteiger charge is -2.36. The maximum absolute atomic E-state index is 7.48. The maximum Gasteiger partial charge on any atom is 0.145 e. The third-order valence-corrected chi connectivity index (χ3v) is 16.4. The molecule has 372 valence electrons. The number of hydrogen-bond acceptors (Lipinski definition) is 3. The molecule has 1 aliphatic carbocycles. The summed E-state index contributed by atoms with van der Waals surface area (Å²) in [5.74, 6) is 0. The molecule has 1 heterocycles. The Hall–Kier alpha value is -9.70. The van der Waals surface area contributed by atoms with Gasteiger partial charge < -0.3 is 14.2 Å². The van der Waals surface area contributed by atoms with Crippen molar-refractivity contribution in [3.8, 4) is 33.4 Å². The lowest BCUT2D eigenvalue weighted by molar-refractivity contribution is 0.669. The van der Waals surface area contributed by atoms with Crippen molar-refractivity contribution >= 4 is 66.8 Å². The van der Waals surface area contributed by atoms with Crippen LogP contribution in [0.15, 0.2) is 271 Å². The Morgan fingerprint density at radius 2 is 0.731 bits per heavy atom. The number of rotatable bonds is 10. The molecule has 3 heteroatoms. The van der Waals surface area contributed by atoms with Crippen molar-refractivity contribution < 1.29 is 4.42 Å². The molecule has 78 heavy (non-hydrogen) atoms. The summed E-state index contributed by atoms with van der Waals surface area (Å²) in [5.41, 5.74) is 24.0. The van der Waals surface area contributed by atoms with Gasteiger partial charge in [0.1, 0.15) is 11.2 Å². The van der Waals surface area contributed by atoms with Gasteiger partial charge in [-0.05, 0) is 161 Å². The smallest absolute Gasteiger partial charge is 0.145 e. The van der Waals surface area contributed by atoms with E-state index in [-0.39, 0.29) is 0 Å². The number of hydrogen-bond donors (Lipinski definition) is 0. The summed E-state index contributed by atoms with van der Waals surface area (Å²) >= 11 is 0. The van der Waals surface area contributed by atoms with Crippen LogP contribution in [0.2, 0.25) is 0 Å². The molecule has 0 spiro atoms. The summed E-state index contributed by atoms with van der Waals surface area (Å²) in [7, 11) is 0. The van der Waals surface area contributed by atoms with E-state index in [0.29, 0.717) is 0 Å². The zero-order chi connectivity index (χ0) is 52.5. The molecule has 0 saturated carbocycles. The second-order valence-electron chi connectivity index (χ2n) is 21.0. The molecule has 3 nitrogen and oxygen atoms in total. The van der Waals surface area contributed by atoms with Crippen molar-refractivity contribution in [2.45, 2.75) is 33.1 Å². The predicted molar refractivity (Wildman–Crippen MR) is 328 cm³/mol. The van der Waals surface area contributed by atoms with E-state index in [1.165, 1.54) is 66.8 Å². The van der Waals surface area contributed by atoms with E-state index >= 15 is 0 Å². The van der Waals surface area contributed by atoms with Crippen molar-refractivity contribution in [3.63, 3.8) is 0 Å². The molecule has 0 amide bonds. The molecule has 13 aromatic rings. The average molecular weight is 1000 g/mol. The van der Waals surface area contributed by atoms with Crippen molar-refractivity contribution in [3.05, 3.63) is 311 Å². The second-order valence-corrected chi connectivity index (χ2v) is 21.0. The molecular formula is C75H56N2O. The highest BCUT2D eigenvalue weighted by atomic mass is 16.3. The first-order valence-corrected chi connectivity index (χ1v) is 27.1. The summed E-state index contributed by atoms with van der Waals surface area (Å²) in [6, 6.07) is 98.5.